The molecule has 0 aliphatic carbocycles. The van der Waals surface area contributed by atoms with Crippen molar-refractivity contribution in [3.63, 3.8) is 0 Å². The molecule has 3 aromatic heterocycles. The van der Waals surface area contributed by atoms with Gasteiger partial charge in [0, 0.05) is 25.1 Å². The molecule has 0 amide bonds. The Morgan fingerprint density at radius 3 is 2.42 bits per heavy atom. The van der Waals surface area contributed by atoms with Gasteiger partial charge in [-0.15, -0.1) is 0 Å². The smallest absolute Gasteiger partial charge is 0.193 e. The minimum absolute atomic E-state index is 0.410. The van der Waals surface area contributed by atoms with Gasteiger partial charge in [0.25, 0.3) is 0 Å². The lowest BCUT2D eigenvalue weighted by atomic mass is 10.0. The summed E-state index contributed by atoms with van der Waals surface area (Å²) in [6, 6.07) is 17.5. The molecule has 0 spiro atoms. The Morgan fingerprint density at radius 2 is 1.73 bits per heavy atom. The van der Waals surface area contributed by atoms with Crippen LogP contribution in [0.3, 0.4) is 0 Å². The van der Waals surface area contributed by atoms with E-state index in [4.69, 9.17) is 26.3 Å². The number of aromatic nitrogens is 2. The van der Waals surface area contributed by atoms with Crippen molar-refractivity contribution >= 4 is 17.4 Å². The number of benzene rings is 1. The number of pyridine rings is 1. The second-order valence-electron chi connectivity index (χ2n) is 5.99. The van der Waals surface area contributed by atoms with Gasteiger partial charge < -0.3 is 14.7 Å². The van der Waals surface area contributed by atoms with Crippen molar-refractivity contribution in [2.45, 2.75) is 12.8 Å². The topological polar surface area (TPSA) is 78.1 Å². The van der Waals surface area contributed by atoms with Crippen LogP contribution < -0.4 is 5.73 Å². The average molecular weight is 366 g/mol. The van der Waals surface area contributed by atoms with Gasteiger partial charge in [0.1, 0.15) is 11.6 Å². The summed E-state index contributed by atoms with van der Waals surface area (Å²) in [5.74, 6) is 1.90. The Bertz CT molecular complexity index is 1020. The summed E-state index contributed by atoms with van der Waals surface area (Å²) in [6.45, 7) is 0. The second-order valence-corrected chi connectivity index (χ2v) is 6.37. The highest BCUT2D eigenvalue weighted by Crippen LogP contribution is 2.25. The zero-order chi connectivity index (χ0) is 17.9. The van der Waals surface area contributed by atoms with E-state index in [0.717, 1.165) is 28.1 Å². The number of hydrogen-bond acceptors (Lipinski definition) is 5. The second kappa shape index (κ2) is 7.06. The third-order valence-corrected chi connectivity index (χ3v) is 4.28. The molecule has 0 fully saturated rings. The first-order chi connectivity index (χ1) is 12.7. The Hall–Kier alpha value is -3.05. The van der Waals surface area contributed by atoms with E-state index in [1.54, 1.807) is 12.3 Å². The molecule has 4 rings (SSSR count). The Kier molecular flexibility index (Phi) is 4.46. The van der Waals surface area contributed by atoms with Crippen LogP contribution in [0.1, 0.15) is 22.6 Å². The fourth-order valence-electron chi connectivity index (χ4n) is 2.78. The monoisotopic (exact) mass is 365 g/mol. The van der Waals surface area contributed by atoms with E-state index in [9.17, 15) is 0 Å². The zero-order valence-electron chi connectivity index (χ0n) is 13.9. The SMILES string of the molecule is Nc1ncccc1-c1cc(Cc2ccc(Cc3ccc(Cl)o3)cc2)no1. The standard InChI is InChI=1S/C20H16ClN3O2/c21-19-8-7-16(25-19)11-14-5-3-13(4-6-14)10-15-12-18(26-24-15)17-2-1-9-23-20(17)22/h1-9,12H,10-11H2,(H2,22,23). The molecule has 3 heterocycles. The lowest BCUT2D eigenvalue weighted by Gasteiger charge is -2.01. The number of nitrogens with two attached hydrogens (primary N) is 1. The minimum atomic E-state index is 0.410. The van der Waals surface area contributed by atoms with Crippen LogP contribution in [0.5, 0.6) is 0 Å². The highest BCUT2D eigenvalue weighted by Gasteiger charge is 2.11. The molecule has 0 atom stereocenters. The number of nitrogens with zero attached hydrogens (tertiary/aromatic N) is 2. The quantitative estimate of drug-likeness (QED) is 0.552. The fraction of sp³-hybridized carbons (Fsp3) is 0.100. The largest absolute Gasteiger partial charge is 0.449 e. The van der Waals surface area contributed by atoms with Gasteiger partial charge in [-0.1, -0.05) is 29.4 Å². The predicted octanol–water partition coefficient (Wildman–Crippen LogP) is 4.75. The van der Waals surface area contributed by atoms with Gasteiger partial charge in [-0.3, -0.25) is 0 Å². The Morgan fingerprint density at radius 1 is 0.962 bits per heavy atom. The van der Waals surface area contributed by atoms with Crippen LogP contribution in [0.2, 0.25) is 5.22 Å². The molecule has 0 unspecified atom stereocenters. The molecular formula is C20H16ClN3O2. The van der Waals surface area contributed by atoms with Crippen molar-refractivity contribution in [3.05, 3.63) is 88.6 Å². The lowest BCUT2D eigenvalue weighted by molar-refractivity contribution is 0.425. The molecule has 4 aromatic rings. The summed E-state index contributed by atoms with van der Waals surface area (Å²) in [4.78, 5) is 4.07. The van der Waals surface area contributed by atoms with Gasteiger partial charge in [-0.25, -0.2) is 4.98 Å². The highest BCUT2D eigenvalue weighted by molar-refractivity contribution is 6.28. The van der Waals surface area contributed by atoms with Gasteiger partial charge in [0.15, 0.2) is 11.0 Å². The average Bonchev–Trinajstić information content (AvgIpc) is 3.26. The number of halogens is 1. The van der Waals surface area contributed by atoms with Crippen LogP contribution in [-0.2, 0) is 12.8 Å². The van der Waals surface area contributed by atoms with Crippen LogP contribution in [0, 0.1) is 0 Å². The molecule has 0 saturated carbocycles. The first-order valence-electron chi connectivity index (χ1n) is 8.16. The fourth-order valence-corrected chi connectivity index (χ4v) is 2.94. The van der Waals surface area contributed by atoms with Crippen LogP contribution in [-0.4, -0.2) is 10.1 Å². The molecule has 26 heavy (non-hydrogen) atoms. The van der Waals surface area contributed by atoms with E-state index in [1.807, 2.05) is 24.3 Å². The van der Waals surface area contributed by atoms with Gasteiger partial charge in [0.05, 0.1) is 11.3 Å². The maximum Gasteiger partial charge on any atom is 0.193 e. The summed E-state index contributed by atoms with van der Waals surface area (Å²) in [6.07, 6.45) is 3.03. The summed E-state index contributed by atoms with van der Waals surface area (Å²) < 4.78 is 10.8. The van der Waals surface area contributed by atoms with Gasteiger partial charge in [0.2, 0.25) is 0 Å². The third-order valence-electron chi connectivity index (χ3n) is 4.08. The van der Waals surface area contributed by atoms with E-state index in [1.165, 1.54) is 0 Å². The number of hydrogen-bond donors (Lipinski definition) is 1. The van der Waals surface area contributed by atoms with E-state index < -0.39 is 0 Å². The molecule has 0 aliphatic rings. The summed E-state index contributed by atoms with van der Waals surface area (Å²) >= 11 is 5.80. The summed E-state index contributed by atoms with van der Waals surface area (Å²) in [7, 11) is 0. The van der Waals surface area contributed by atoms with E-state index >= 15 is 0 Å². The maximum atomic E-state index is 5.88. The van der Waals surface area contributed by atoms with Crippen LogP contribution in [0.25, 0.3) is 11.3 Å². The summed E-state index contributed by atoms with van der Waals surface area (Å²) in [5.41, 5.74) is 9.77. The molecule has 0 saturated heterocycles. The predicted molar refractivity (Wildman–Crippen MR) is 99.9 cm³/mol. The first-order valence-corrected chi connectivity index (χ1v) is 8.53. The van der Waals surface area contributed by atoms with Crippen molar-refractivity contribution in [3.8, 4) is 11.3 Å². The molecule has 0 aliphatic heterocycles. The Balaban J connectivity index is 1.45. The molecule has 2 N–H and O–H groups in total. The van der Waals surface area contributed by atoms with Crippen LogP contribution >= 0.6 is 11.6 Å². The molecule has 1 aromatic carbocycles. The number of nitrogen functional groups attached to an aromatic ring is 1. The zero-order valence-corrected chi connectivity index (χ0v) is 14.6. The van der Waals surface area contributed by atoms with Crippen molar-refractivity contribution in [2.24, 2.45) is 0 Å². The van der Waals surface area contributed by atoms with Gasteiger partial charge in [-0.05, 0) is 47.0 Å². The number of anilines is 1. The molecule has 130 valence electrons. The van der Waals surface area contributed by atoms with Crippen molar-refractivity contribution < 1.29 is 8.94 Å². The lowest BCUT2D eigenvalue weighted by Crippen LogP contribution is -1.92. The normalized spacial score (nSPS) is 11.0. The first kappa shape index (κ1) is 16.4. The van der Waals surface area contributed by atoms with Crippen molar-refractivity contribution in [1.29, 1.82) is 0 Å². The van der Waals surface area contributed by atoms with E-state index in [0.29, 0.717) is 29.6 Å². The Labute approximate surface area is 155 Å². The third kappa shape index (κ3) is 3.63. The van der Waals surface area contributed by atoms with Crippen LogP contribution in [0.15, 0.2) is 69.7 Å². The molecular weight excluding hydrogens is 350 g/mol. The molecule has 5 nitrogen and oxygen atoms in total. The molecule has 0 radical (unpaired) electrons. The molecule has 6 heteroatoms. The van der Waals surface area contributed by atoms with Crippen molar-refractivity contribution in [1.82, 2.24) is 10.1 Å². The van der Waals surface area contributed by atoms with Crippen molar-refractivity contribution in [2.75, 3.05) is 5.73 Å². The van der Waals surface area contributed by atoms with E-state index in [2.05, 4.69) is 34.4 Å². The minimum Gasteiger partial charge on any atom is -0.449 e. The van der Waals surface area contributed by atoms with E-state index in [-0.39, 0.29) is 0 Å². The van der Waals surface area contributed by atoms with Gasteiger partial charge >= 0.3 is 0 Å². The molecule has 0 bridgehead atoms. The number of rotatable bonds is 5. The van der Waals surface area contributed by atoms with Crippen LogP contribution in [0.4, 0.5) is 5.82 Å². The number of furan rings is 1. The maximum absolute atomic E-state index is 5.88. The summed E-state index contributed by atoms with van der Waals surface area (Å²) in [5, 5.41) is 4.54. The van der Waals surface area contributed by atoms with Gasteiger partial charge in [-0.2, -0.15) is 0 Å². The highest BCUT2D eigenvalue weighted by atomic mass is 35.5.